The van der Waals surface area contributed by atoms with Gasteiger partial charge in [-0.2, -0.15) is 0 Å². The second-order valence-electron chi connectivity index (χ2n) is 6.47. The van der Waals surface area contributed by atoms with Gasteiger partial charge >= 0.3 is 0 Å². The number of halogens is 4. The predicted molar refractivity (Wildman–Crippen MR) is 104 cm³/mol. The van der Waals surface area contributed by atoms with Crippen molar-refractivity contribution < 1.29 is 9.18 Å². The molecule has 1 aliphatic rings. The summed E-state index contributed by atoms with van der Waals surface area (Å²) in [6.45, 7) is 2.36. The molecule has 3 rings (SSSR count). The van der Waals surface area contributed by atoms with Crippen LogP contribution in [0.3, 0.4) is 0 Å². The molecule has 2 atom stereocenters. The van der Waals surface area contributed by atoms with Crippen molar-refractivity contribution in [2.24, 2.45) is 11.8 Å². The molecule has 2 nitrogen and oxygen atoms in total. The van der Waals surface area contributed by atoms with Crippen LogP contribution in [0.15, 0.2) is 40.9 Å². The maximum atomic E-state index is 14.0. The summed E-state index contributed by atoms with van der Waals surface area (Å²) in [5.74, 6) is -0.240. The van der Waals surface area contributed by atoms with Gasteiger partial charge in [0, 0.05) is 16.9 Å². The molecule has 132 valence electrons. The Morgan fingerprint density at radius 2 is 1.88 bits per heavy atom. The van der Waals surface area contributed by atoms with Crippen molar-refractivity contribution in [3.8, 4) is 0 Å². The molecule has 0 N–H and O–H groups in total. The summed E-state index contributed by atoms with van der Waals surface area (Å²) in [7, 11) is 0. The number of rotatable bonds is 3. The zero-order valence-corrected chi connectivity index (χ0v) is 16.7. The van der Waals surface area contributed by atoms with Gasteiger partial charge in [-0.15, -0.1) is 0 Å². The topological polar surface area (TPSA) is 20.3 Å². The first kappa shape index (κ1) is 18.7. The highest BCUT2D eigenvalue weighted by atomic mass is 79.9. The molecule has 1 fully saturated rings. The molecule has 0 aromatic heterocycles. The first-order valence-electron chi connectivity index (χ1n) is 8.06. The van der Waals surface area contributed by atoms with Crippen LogP contribution in [0.5, 0.6) is 0 Å². The Balaban J connectivity index is 1.90. The third-order valence-corrected chi connectivity index (χ3v) is 5.57. The van der Waals surface area contributed by atoms with Crippen molar-refractivity contribution >= 4 is 50.7 Å². The van der Waals surface area contributed by atoms with E-state index in [0.717, 1.165) is 10.9 Å². The zero-order valence-electron chi connectivity index (χ0n) is 13.6. The third kappa shape index (κ3) is 4.02. The SMILES string of the molecule is C[C@@H]1C[C@H](Cc2ccccc2F)CN(c2c(Cl)cc(Br)cc2Cl)C1=O. The number of anilines is 1. The molecule has 2 aromatic rings. The maximum absolute atomic E-state index is 14.0. The zero-order chi connectivity index (χ0) is 18.1. The standard InChI is InChI=1S/C19H17BrCl2FNO/c1-11-6-12(7-13-4-2-3-5-17(13)23)10-24(19(11)25)18-15(21)8-14(20)9-16(18)22/h2-5,8-9,11-12H,6-7,10H2,1H3/t11-,12-/m1/s1. The van der Waals surface area contributed by atoms with E-state index in [1.807, 2.05) is 13.0 Å². The highest BCUT2D eigenvalue weighted by Gasteiger charge is 2.34. The summed E-state index contributed by atoms with van der Waals surface area (Å²) in [5.41, 5.74) is 1.20. The van der Waals surface area contributed by atoms with Crippen LogP contribution in [-0.4, -0.2) is 12.5 Å². The Hall–Kier alpha value is -1.10. The van der Waals surface area contributed by atoms with E-state index in [1.54, 1.807) is 29.2 Å². The molecule has 0 saturated carbocycles. The quantitative estimate of drug-likeness (QED) is 0.557. The van der Waals surface area contributed by atoms with Crippen molar-refractivity contribution in [3.05, 3.63) is 62.3 Å². The maximum Gasteiger partial charge on any atom is 0.229 e. The van der Waals surface area contributed by atoms with E-state index in [0.29, 0.717) is 34.3 Å². The van der Waals surface area contributed by atoms with Gasteiger partial charge in [0.05, 0.1) is 15.7 Å². The predicted octanol–water partition coefficient (Wildman–Crippen LogP) is 6.13. The lowest BCUT2D eigenvalue weighted by molar-refractivity contribution is -0.124. The summed E-state index contributed by atoms with van der Waals surface area (Å²) < 4.78 is 14.7. The average Bonchev–Trinajstić information content (AvgIpc) is 2.53. The molecule has 0 radical (unpaired) electrons. The number of benzene rings is 2. The second-order valence-corrected chi connectivity index (χ2v) is 8.20. The molecular formula is C19H17BrCl2FNO. The molecule has 1 amide bonds. The monoisotopic (exact) mass is 443 g/mol. The van der Waals surface area contributed by atoms with E-state index in [2.05, 4.69) is 15.9 Å². The first-order valence-corrected chi connectivity index (χ1v) is 9.61. The fourth-order valence-corrected chi connectivity index (χ4v) is 4.82. The van der Waals surface area contributed by atoms with Crippen molar-refractivity contribution in [3.63, 3.8) is 0 Å². The van der Waals surface area contributed by atoms with Gasteiger partial charge in [0.25, 0.3) is 0 Å². The van der Waals surface area contributed by atoms with Gasteiger partial charge in [-0.3, -0.25) is 4.79 Å². The molecule has 1 saturated heterocycles. The minimum atomic E-state index is -0.210. The minimum absolute atomic E-state index is 0.00379. The smallest absolute Gasteiger partial charge is 0.229 e. The summed E-state index contributed by atoms with van der Waals surface area (Å²) in [4.78, 5) is 14.4. The molecule has 0 unspecified atom stereocenters. The van der Waals surface area contributed by atoms with Crippen LogP contribution < -0.4 is 4.90 Å². The molecule has 2 aromatic carbocycles. The molecule has 6 heteroatoms. The number of amides is 1. The van der Waals surface area contributed by atoms with E-state index in [-0.39, 0.29) is 23.6 Å². The Labute approximate surface area is 165 Å². The lowest BCUT2D eigenvalue weighted by Crippen LogP contribution is -2.45. The molecule has 25 heavy (non-hydrogen) atoms. The summed E-state index contributed by atoms with van der Waals surface area (Å²) in [5, 5.41) is 0.845. The highest BCUT2D eigenvalue weighted by molar-refractivity contribution is 9.10. The number of nitrogens with zero attached hydrogens (tertiary/aromatic N) is 1. The van der Waals surface area contributed by atoms with Gasteiger partial charge in [0.1, 0.15) is 5.82 Å². The lowest BCUT2D eigenvalue weighted by Gasteiger charge is -2.37. The van der Waals surface area contributed by atoms with Crippen molar-refractivity contribution in [1.29, 1.82) is 0 Å². The van der Waals surface area contributed by atoms with Crippen LogP contribution in [0.1, 0.15) is 18.9 Å². The van der Waals surface area contributed by atoms with Crippen LogP contribution in [0.25, 0.3) is 0 Å². The van der Waals surface area contributed by atoms with Gasteiger partial charge < -0.3 is 4.90 Å². The van der Waals surface area contributed by atoms with E-state index in [9.17, 15) is 9.18 Å². The molecule has 0 spiro atoms. The van der Waals surface area contributed by atoms with E-state index in [4.69, 9.17) is 23.2 Å². The Bertz CT molecular complexity index is 791. The van der Waals surface area contributed by atoms with Crippen LogP contribution in [0, 0.1) is 17.7 Å². The molecular weight excluding hydrogens is 428 g/mol. The van der Waals surface area contributed by atoms with Crippen molar-refractivity contribution in [1.82, 2.24) is 0 Å². The van der Waals surface area contributed by atoms with Crippen LogP contribution >= 0.6 is 39.1 Å². The second kappa shape index (κ2) is 7.65. The number of piperidine rings is 1. The first-order chi connectivity index (χ1) is 11.9. The molecule has 1 aliphatic heterocycles. The van der Waals surface area contributed by atoms with Gasteiger partial charge in [-0.1, -0.05) is 64.3 Å². The molecule has 0 bridgehead atoms. The number of hydrogen-bond donors (Lipinski definition) is 0. The normalized spacial score (nSPS) is 20.8. The Kier molecular flexibility index (Phi) is 5.71. The fourth-order valence-electron chi connectivity index (χ4n) is 3.41. The largest absolute Gasteiger partial charge is 0.309 e. The van der Waals surface area contributed by atoms with Gasteiger partial charge in [0.2, 0.25) is 5.91 Å². The Morgan fingerprint density at radius 3 is 2.52 bits per heavy atom. The highest BCUT2D eigenvalue weighted by Crippen LogP contribution is 2.40. The van der Waals surface area contributed by atoms with E-state index < -0.39 is 0 Å². The summed E-state index contributed by atoms with van der Waals surface area (Å²) in [6, 6.07) is 10.2. The fraction of sp³-hybridized carbons (Fsp3) is 0.316. The molecule has 0 aliphatic carbocycles. The number of carbonyl (C=O) groups is 1. The molecule has 1 heterocycles. The third-order valence-electron chi connectivity index (χ3n) is 4.53. The van der Waals surface area contributed by atoms with Crippen molar-refractivity contribution in [2.45, 2.75) is 19.8 Å². The summed E-state index contributed by atoms with van der Waals surface area (Å²) in [6.07, 6.45) is 1.29. The van der Waals surface area contributed by atoms with Crippen LogP contribution in [0.4, 0.5) is 10.1 Å². The van der Waals surface area contributed by atoms with E-state index >= 15 is 0 Å². The van der Waals surface area contributed by atoms with Gasteiger partial charge in [-0.25, -0.2) is 4.39 Å². The van der Waals surface area contributed by atoms with E-state index in [1.165, 1.54) is 6.07 Å². The number of hydrogen-bond acceptors (Lipinski definition) is 1. The lowest BCUT2D eigenvalue weighted by atomic mass is 9.85. The van der Waals surface area contributed by atoms with Crippen molar-refractivity contribution in [2.75, 3.05) is 11.4 Å². The van der Waals surface area contributed by atoms with Gasteiger partial charge in [0.15, 0.2) is 0 Å². The van der Waals surface area contributed by atoms with Crippen LogP contribution in [-0.2, 0) is 11.2 Å². The van der Waals surface area contributed by atoms with Crippen LogP contribution in [0.2, 0.25) is 10.0 Å². The summed E-state index contributed by atoms with van der Waals surface area (Å²) >= 11 is 16.0. The number of carbonyl (C=O) groups excluding carboxylic acids is 1. The minimum Gasteiger partial charge on any atom is -0.309 e. The average molecular weight is 445 g/mol. The van der Waals surface area contributed by atoms with Gasteiger partial charge in [-0.05, 0) is 42.5 Å². The Morgan fingerprint density at radius 1 is 1.24 bits per heavy atom.